The van der Waals surface area contributed by atoms with E-state index in [0.717, 1.165) is 10.4 Å². The molecule has 2 heterocycles. The maximum Gasteiger partial charge on any atom is 0.238 e. The standard InChI is InChI=1S/C21H23N5O3S3/c1-5-17(19(27)23-20-16(11-22)13(2)14(3)30-20)31-21-25-24-18(26(21)4)12-32(28,29)15-9-7-6-8-10-15/h6-10,17H,5,12H2,1-4H3,(H,23,27). The van der Waals surface area contributed by atoms with Crippen LogP contribution in [0.5, 0.6) is 0 Å². The molecule has 1 atom stereocenters. The van der Waals surface area contributed by atoms with Crippen molar-refractivity contribution in [2.75, 3.05) is 5.32 Å². The summed E-state index contributed by atoms with van der Waals surface area (Å²) in [5.41, 5.74) is 1.35. The topological polar surface area (TPSA) is 118 Å². The molecule has 2 aromatic heterocycles. The van der Waals surface area contributed by atoms with Crippen molar-refractivity contribution >= 4 is 43.8 Å². The van der Waals surface area contributed by atoms with Crippen LogP contribution in [0.3, 0.4) is 0 Å². The summed E-state index contributed by atoms with van der Waals surface area (Å²) >= 11 is 2.59. The SMILES string of the molecule is CCC(Sc1nnc(CS(=O)(=O)c2ccccc2)n1C)C(=O)Nc1sc(C)c(C)c1C#N. The van der Waals surface area contributed by atoms with Crippen LogP contribution >= 0.6 is 23.1 Å². The summed E-state index contributed by atoms with van der Waals surface area (Å²) in [7, 11) is -1.88. The molecule has 1 unspecified atom stereocenters. The number of nitrogens with one attached hydrogen (secondary N) is 1. The zero-order valence-corrected chi connectivity index (χ0v) is 20.6. The Hall–Kier alpha value is -2.68. The predicted octanol–water partition coefficient (Wildman–Crippen LogP) is 3.85. The minimum absolute atomic E-state index is 0.220. The molecule has 0 bridgehead atoms. The molecule has 1 N–H and O–H groups in total. The molecule has 1 aromatic carbocycles. The number of carbonyl (C=O) groups excluding carboxylic acids is 1. The fourth-order valence-electron chi connectivity index (χ4n) is 2.95. The van der Waals surface area contributed by atoms with Gasteiger partial charge in [-0.3, -0.25) is 4.79 Å². The Labute approximate surface area is 195 Å². The Bertz CT molecular complexity index is 1270. The quantitative estimate of drug-likeness (QED) is 0.478. The number of carbonyl (C=O) groups is 1. The number of nitriles is 1. The van der Waals surface area contributed by atoms with Gasteiger partial charge < -0.3 is 9.88 Å². The molecule has 32 heavy (non-hydrogen) atoms. The smallest absolute Gasteiger partial charge is 0.238 e. The van der Waals surface area contributed by atoms with E-state index in [1.54, 1.807) is 41.9 Å². The molecule has 3 rings (SSSR count). The van der Waals surface area contributed by atoms with Crippen LogP contribution in [0, 0.1) is 25.2 Å². The summed E-state index contributed by atoms with van der Waals surface area (Å²) in [6.07, 6.45) is 0.520. The number of amides is 1. The molecule has 0 fully saturated rings. The second-order valence-electron chi connectivity index (χ2n) is 7.13. The second kappa shape index (κ2) is 9.85. The molecule has 0 saturated heterocycles. The van der Waals surface area contributed by atoms with E-state index in [1.807, 2.05) is 20.8 Å². The number of rotatable bonds is 8. The number of aromatic nitrogens is 3. The fourth-order valence-corrected chi connectivity index (χ4v) is 6.23. The number of aryl methyl sites for hydroxylation is 1. The Balaban J connectivity index is 1.75. The van der Waals surface area contributed by atoms with Crippen LogP contribution in [0.25, 0.3) is 0 Å². The van der Waals surface area contributed by atoms with Crippen molar-refractivity contribution in [2.24, 2.45) is 7.05 Å². The molecule has 0 spiro atoms. The van der Waals surface area contributed by atoms with Gasteiger partial charge >= 0.3 is 0 Å². The number of thiophene rings is 1. The van der Waals surface area contributed by atoms with Crippen molar-refractivity contribution in [1.82, 2.24) is 14.8 Å². The molecular formula is C21H23N5O3S3. The lowest BCUT2D eigenvalue weighted by atomic mass is 10.2. The van der Waals surface area contributed by atoms with E-state index in [-0.39, 0.29) is 16.6 Å². The highest BCUT2D eigenvalue weighted by Crippen LogP contribution is 2.33. The summed E-state index contributed by atoms with van der Waals surface area (Å²) in [5.74, 6) is -0.233. The lowest BCUT2D eigenvalue weighted by molar-refractivity contribution is -0.115. The molecule has 3 aromatic rings. The molecule has 0 aliphatic heterocycles. The van der Waals surface area contributed by atoms with Gasteiger partial charge in [-0.25, -0.2) is 8.42 Å². The average Bonchev–Trinajstić information content (AvgIpc) is 3.24. The highest BCUT2D eigenvalue weighted by atomic mass is 32.2. The molecule has 0 radical (unpaired) electrons. The van der Waals surface area contributed by atoms with Crippen molar-refractivity contribution in [3.8, 4) is 6.07 Å². The lowest BCUT2D eigenvalue weighted by Gasteiger charge is -2.14. The van der Waals surface area contributed by atoms with Crippen LogP contribution in [-0.2, 0) is 27.4 Å². The normalized spacial score (nSPS) is 12.3. The van der Waals surface area contributed by atoms with E-state index < -0.39 is 15.1 Å². The first kappa shape index (κ1) is 24.0. The van der Waals surface area contributed by atoms with Crippen molar-refractivity contribution in [1.29, 1.82) is 5.26 Å². The number of hydrogen-bond donors (Lipinski definition) is 1. The summed E-state index contributed by atoms with van der Waals surface area (Å²) < 4.78 is 26.9. The Kier molecular flexibility index (Phi) is 7.38. The van der Waals surface area contributed by atoms with Crippen LogP contribution in [0.15, 0.2) is 40.4 Å². The van der Waals surface area contributed by atoms with E-state index in [4.69, 9.17) is 0 Å². The molecule has 1 amide bonds. The largest absolute Gasteiger partial charge is 0.316 e. The molecule has 8 nitrogen and oxygen atoms in total. The van der Waals surface area contributed by atoms with Crippen molar-refractivity contribution < 1.29 is 13.2 Å². The van der Waals surface area contributed by atoms with Crippen LogP contribution < -0.4 is 5.32 Å². The summed E-state index contributed by atoms with van der Waals surface area (Å²) in [5, 5.41) is 20.9. The number of sulfone groups is 1. The number of thioether (sulfide) groups is 1. The molecule has 11 heteroatoms. The molecule has 0 aliphatic carbocycles. The van der Waals surface area contributed by atoms with Crippen molar-refractivity contribution in [2.45, 2.75) is 48.2 Å². The zero-order chi connectivity index (χ0) is 23.5. The first-order valence-corrected chi connectivity index (χ1v) is 13.2. The number of nitrogens with zero attached hydrogens (tertiary/aromatic N) is 4. The molecular weight excluding hydrogens is 466 g/mol. The minimum atomic E-state index is -3.56. The molecule has 0 saturated carbocycles. The summed E-state index contributed by atoms with van der Waals surface area (Å²) in [4.78, 5) is 14.1. The summed E-state index contributed by atoms with van der Waals surface area (Å²) in [6, 6.07) is 10.3. The number of anilines is 1. The third kappa shape index (κ3) is 5.03. The third-order valence-corrected chi connectivity index (χ3v) is 9.14. The van der Waals surface area contributed by atoms with E-state index in [2.05, 4.69) is 21.6 Å². The summed E-state index contributed by atoms with van der Waals surface area (Å²) in [6.45, 7) is 5.65. The Morgan fingerprint density at radius 1 is 1.28 bits per heavy atom. The Morgan fingerprint density at radius 3 is 2.59 bits per heavy atom. The van der Waals surface area contributed by atoms with Gasteiger partial charge in [-0.05, 0) is 38.0 Å². The number of hydrogen-bond acceptors (Lipinski definition) is 8. The van der Waals surface area contributed by atoms with Gasteiger partial charge in [0.15, 0.2) is 15.0 Å². The van der Waals surface area contributed by atoms with Crippen molar-refractivity contribution in [3.05, 3.63) is 52.2 Å². The maximum absolute atomic E-state index is 12.9. The van der Waals surface area contributed by atoms with Gasteiger partial charge in [-0.15, -0.1) is 21.5 Å². The van der Waals surface area contributed by atoms with E-state index in [0.29, 0.717) is 28.0 Å². The highest BCUT2D eigenvalue weighted by Gasteiger charge is 2.25. The average molecular weight is 490 g/mol. The Morgan fingerprint density at radius 2 is 1.97 bits per heavy atom. The van der Waals surface area contributed by atoms with Crippen LogP contribution in [0.2, 0.25) is 0 Å². The van der Waals surface area contributed by atoms with Gasteiger partial charge in [-0.1, -0.05) is 36.9 Å². The van der Waals surface area contributed by atoms with E-state index in [1.165, 1.54) is 23.1 Å². The van der Waals surface area contributed by atoms with Crippen LogP contribution in [0.4, 0.5) is 5.00 Å². The molecule has 168 valence electrons. The maximum atomic E-state index is 12.9. The van der Waals surface area contributed by atoms with E-state index in [9.17, 15) is 18.5 Å². The zero-order valence-electron chi connectivity index (χ0n) is 18.1. The monoisotopic (exact) mass is 489 g/mol. The third-order valence-electron chi connectivity index (χ3n) is 4.99. The highest BCUT2D eigenvalue weighted by molar-refractivity contribution is 8.00. The first-order valence-electron chi connectivity index (χ1n) is 9.81. The van der Waals surface area contributed by atoms with Gasteiger partial charge in [0.2, 0.25) is 5.91 Å². The second-order valence-corrected chi connectivity index (χ2v) is 11.5. The van der Waals surface area contributed by atoms with Gasteiger partial charge in [0.05, 0.1) is 15.7 Å². The number of benzene rings is 1. The molecule has 0 aliphatic rings. The predicted molar refractivity (Wildman–Crippen MR) is 125 cm³/mol. The van der Waals surface area contributed by atoms with E-state index >= 15 is 0 Å². The fraction of sp³-hybridized carbons (Fsp3) is 0.333. The van der Waals surface area contributed by atoms with Gasteiger partial charge in [0.25, 0.3) is 0 Å². The van der Waals surface area contributed by atoms with Gasteiger partial charge in [0.1, 0.15) is 22.6 Å². The lowest BCUT2D eigenvalue weighted by Crippen LogP contribution is -2.25. The van der Waals surface area contributed by atoms with Crippen LogP contribution in [-0.4, -0.2) is 34.3 Å². The van der Waals surface area contributed by atoms with Crippen LogP contribution in [0.1, 0.15) is 35.2 Å². The minimum Gasteiger partial charge on any atom is -0.316 e. The first-order chi connectivity index (χ1) is 15.2. The van der Waals surface area contributed by atoms with Gasteiger partial charge in [-0.2, -0.15) is 5.26 Å². The van der Waals surface area contributed by atoms with Gasteiger partial charge in [0, 0.05) is 11.9 Å². The van der Waals surface area contributed by atoms with Crippen molar-refractivity contribution in [3.63, 3.8) is 0 Å².